The van der Waals surface area contributed by atoms with Gasteiger partial charge < -0.3 is 0 Å². The van der Waals surface area contributed by atoms with Crippen molar-refractivity contribution >= 4 is 17.5 Å². The molecule has 88 valence electrons. The lowest BCUT2D eigenvalue weighted by Gasteiger charge is -2.25. The van der Waals surface area contributed by atoms with Gasteiger partial charge in [-0.25, -0.2) is 0 Å². The van der Waals surface area contributed by atoms with Crippen molar-refractivity contribution in [2.45, 2.75) is 44.1 Å². The van der Waals surface area contributed by atoms with Gasteiger partial charge in [0.05, 0.1) is 0 Å². The SMILES string of the molecule is CC(=O)C[C@@H](SC(C)(C)C)c1ccccc1. The molecule has 1 aromatic rings. The van der Waals surface area contributed by atoms with E-state index in [1.54, 1.807) is 6.92 Å². The number of carbonyl (C=O) groups excluding carboxylic acids is 1. The average Bonchev–Trinajstić information content (AvgIpc) is 2.15. The van der Waals surface area contributed by atoms with Crippen molar-refractivity contribution in [1.82, 2.24) is 0 Å². The number of Topliss-reactive ketones (excluding diaryl/α,β-unsaturated/α-hetero) is 1. The van der Waals surface area contributed by atoms with Gasteiger partial charge in [-0.05, 0) is 12.5 Å². The molecule has 0 bridgehead atoms. The van der Waals surface area contributed by atoms with Crippen LogP contribution in [0.5, 0.6) is 0 Å². The van der Waals surface area contributed by atoms with Gasteiger partial charge in [-0.3, -0.25) is 4.79 Å². The minimum Gasteiger partial charge on any atom is -0.300 e. The molecule has 0 aromatic heterocycles. The van der Waals surface area contributed by atoms with Crippen LogP contribution in [0.2, 0.25) is 0 Å². The molecule has 1 nitrogen and oxygen atoms in total. The molecule has 1 atom stereocenters. The van der Waals surface area contributed by atoms with Gasteiger partial charge in [0.1, 0.15) is 5.78 Å². The summed E-state index contributed by atoms with van der Waals surface area (Å²) < 4.78 is 0.177. The van der Waals surface area contributed by atoms with E-state index in [1.807, 2.05) is 30.0 Å². The van der Waals surface area contributed by atoms with E-state index < -0.39 is 0 Å². The molecular formula is C14H20OS. The number of carbonyl (C=O) groups is 1. The molecule has 0 N–H and O–H groups in total. The average molecular weight is 236 g/mol. The zero-order valence-electron chi connectivity index (χ0n) is 10.5. The maximum absolute atomic E-state index is 11.3. The van der Waals surface area contributed by atoms with Crippen molar-refractivity contribution in [3.8, 4) is 0 Å². The number of rotatable bonds is 4. The second-order valence-electron chi connectivity index (χ2n) is 5.04. The van der Waals surface area contributed by atoms with E-state index in [2.05, 4.69) is 32.9 Å². The molecule has 16 heavy (non-hydrogen) atoms. The summed E-state index contributed by atoms with van der Waals surface area (Å²) in [6, 6.07) is 10.3. The van der Waals surface area contributed by atoms with Crippen molar-refractivity contribution in [3.63, 3.8) is 0 Å². The van der Waals surface area contributed by atoms with Crippen LogP contribution in [0.4, 0.5) is 0 Å². The third-order valence-electron chi connectivity index (χ3n) is 2.14. The first kappa shape index (κ1) is 13.3. The second kappa shape index (κ2) is 5.53. The molecule has 0 unspecified atom stereocenters. The van der Waals surface area contributed by atoms with E-state index in [0.29, 0.717) is 6.42 Å². The summed E-state index contributed by atoms with van der Waals surface area (Å²) >= 11 is 1.86. The fourth-order valence-corrected chi connectivity index (χ4v) is 3.05. The third-order valence-corrected chi connectivity index (χ3v) is 3.57. The highest BCUT2D eigenvalue weighted by molar-refractivity contribution is 8.00. The number of hydrogen-bond donors (Lipinski definition) is 0. The van der Waals surface area contributed by atoms with Crippen LogP contribution in [0.3, 0.4) is 0 Å². The number of hydrogen-bond acceptors (Lipinski definition) is 2. The van der Waals surface area contributed by atoms with Crippen LogP contribution in [-0.4, -0.2) is 10.5 Å². The first-order valence-corrected chi connectivity index (χ1v) is 6.48. The van der Waals surface area contributed by atoms with Gasteiger partial charge in [0, 0.05) is 16.4 Å². The fraction of sp³-hybridized carbons (Fsp3) is 0.500. The maximum atomic E-state index is 11.3. The van der Waals surface area contributed by atoms with Crippen LogP contribution < -0.4 is 0 Å². The summed E-state index contributed by atoms with van der Waals surface area (Å²) in [5, 5.41) is 0.277. The summed E-state index contributed by atoms with van der Waals surface area (Å²) in [5.41, 5.74) is 1.25. The summed E-state index contributed by atoms with van der Waals surface area (Å²) in [5.74, 6) is 0.255. The van der Waals surface area contributed by atoms with Crippen LogP contribution in [-0.2, 0) is 4.79 Å². The van der Waals surface area contributed by atoms with Crippen LogP contribution in [0.15, 0.2) is 30.3 Å². The van der Waals surface area contributed by atoms with Crippen LogP contribution in [0, 0.1) is 0 Å². The van der Waals surface area contributed by atoms with Crippen molar-refractivity contribution in [2.75, 3.05) is 0 Å². The van der Waals surface area contributed by atoms with E-state index >= 15 is 0 Å². The van der Waals surface area contributed by atoms with Gasteiger partial charge in [-0.2, -0.15) is 0 Å². The zero-order valence-corrected chi connectivity index (χ0v) is 11.3. The van der Waals surface area contributed by atoms with E-state index in [4.69, 9.17) is 0 Å². The Morgan fingerprint density at radius 2 is 1.81 bits per heavy atom. The highest BCUT2D eigenvalue weighted by atomic mass is 32.2. The topological polar surface area (TPSA) is 17.1 Å². The molecular weight excluding hydrogens is 216 g/mol. The monoisotopic (exact) mass is 236 g/mol. The van der Waals surface area contributed by atoms with Gasteiger partial charge in [0.2, 0.25) is 0 Å². The first-order chi connectivity index (χ1) is 7.38. The Bertz CT molecular complexity index is 338. The number of ketones is 1. The highest BCUT2D eigenvalue weighted by Gasteiger charge is 2.21. The highest BCUT2D eigenvalue weighted by Crippen LogP contribution is 2.40. The lowest BCUT2D eigenvalue weighted by atomic mass is 10.1. The Kier molecular flexibility index (Phi) is 4.60. The minimum atomic E-state index is 0.177. The first-order valence-electron chi connectivity index (χ1n) is 5.61. The molecule has 0 heterocycles. The second-order valence-corrected chi connectivity index (χ2v) is 7.07. The minimum absolute atomic E-state index is 0.177. The van der Waals surface area contributed by atoms with Gasteiger partial charge in [-0.1, -0.05) is 51.1 Å². The predicted octanol–water partition coefficient (Wildman–Crippen LogP) is 4.24. The Morgan fingerprint density at radius 3 is 2.25 bits per heavy atom. The Hall–Kier alpha value is -0.760. The van der Waals surface area contributed by atoms with Gasteiger partial charge in [-0.15, -0.1) is 11.8 Å². The number of thioether (sulfide) groups is 1. The molecule has 0 saturated heterocycles. The smallest absolute Gasteiger partial charge is 0.131 e. The standard InChI is InChI=1S/C14H20OS/c1-11(15)10-13(16-14(2,3)4)12-8-6-5-7-9-12/h5-9,13H,10H2,1-4H3/t13-/m1/s1. The van der Waals surface area contributed by atoms with Crippen LogP contribution in [0.25, 0.3) is 0 Å². The van der Waals surface area contributed by atoms with Crippen LogP contribution >= 0.6 is 11.8 Å². The van der Waals surface area contributed by atoms with E-state index in [0.717, 1.165) is 0 Å². The van der Waals surface area contributed by atoms with Crippen molar-refractivity contribution < 1.29 is 4.79 Å². The van der Waals surface area contributed by atoms with Crippen molar-refractivity contribution in [1.29, 1.82) is 0 Å². The van der Waals surface area contributed by atoms with Gasteiger partial charge in [0.25, 0.3) is 0 Å². The largest absolute Gasteiger partial charge is 0.300 e. The Morgan fingerprint density at radius 1 is 1.25 bits per heavy atom. The summed E-state index contributed by atoms with van der Waals surface area (Å²) in [7, 11) is 0. The van der Waals surface area contributed by atoms with E-state index in [1.165, 1.54) is 5.56 Å². The van der Waals surface area contributed by atoms with Gasteiger partial charge >= 0.3 is 0 Å². The maximum Gasteiger partial charge on any atom is 0.131 e. The van der Waals surface area contributed by atoms with Crippen LogP contribution in [0.1, 0.15) is 44.9 Å². The molecule has 0 spiro atoms. The molecule has 1 rings (SSSR count). The molecule has 1 aromatic carbocycles. The van der Waals surface area contributed by atoms with E-state index in [-0.39, 0.29) is 15.8 Å². The lowest BCUT2D eigenvalue weighted by Crippen LogP contribution is -2.13. The zero-order chi connectivity index (χ0) is 12.2. The summed E-state index contributed by atoms with van der Waals surface area (Å²) in [6.07, 6.45) is 0.617. The molecule has 0 aliphatic carbocycles. The van der Waals surface area contributed by atoms with Crippen molar-refractivity contribution in [3.05, 3.63) is 35.9 Å². The van der Waals surface area contributed by atoms with E-state index in [9.17, 15) is 4.79 Å². The fourth-order valence-electron chi connectivity index (χ4n) is 1.58. The molecule has 2 heteroatoms. The molecule has 0 fully saturated rings. The lowest BCUT2D eigenvalue weighted by molar-refractivity contribution is -0.117. The molecule has 0 radical (unpaired) electrons. The summed E-state index contributed by atoms with van der Waals surface area (Å²) in [4.78, 5) is 11.3. The number of benzene rings is 1. The summed E-state index contributed by atoms with van der Waals surface area (Å²) in [6.45, 7) is 8.23. The third kappa shape index (κ3) is 4.84. The quantitative estimate of drug-likeness (QED) is 0.778. The normalized spacial score (nSPS) is 13.5. The Balaban J connectivity index is 2.84. The molecule has 0 amide bonds. The molecule has 0 aliphatic heterocycles. The van der Waals surface area contributed by atoms with Crippen molar-refractivity contribution in [2.24, 2.45) is 0 Å². The van der Waals surface area contributed by atoms with Gasteiger partial charge in [0.15, 0.2) is 0 Å². The molecule has 0 aliphatic rings. The predicted molar refractivity (Wildman–Crippen MR) is 71.8 cm³/mol. The molecule has 0 saturated carbocycles. The Labute approximate surface area is 103 Å².